The van der Waals surface area contributed by atoms with Crippen LogP contribution in [0.2, 0.25) is 0 Å². The topological polar surface area (TPSA) is 39.6 Å². The number of aliphatic hydroxyl groups excluding tert-OH is 1. The van der Waals surface area contributed by atoms with Crippen molar-refractivity contribution in [2.45, 2.75) is 19.8 Å². The number of hydrogen-bond donors (Lipinski definition) is 1. The molecule has 1 heterocycles. The Balaban J connectivity index is 1.92. The minimum Gasteiger partial charge on any atom is -0.395 e. The average Bonchev–Trinajstić information content (AvgIpc) is 2.56. The van der Waals surface area contributed by atoms with Crippen LogP contribution < -0.4 is 4.90 Å². The van der Waals surface area contributed by atoms with Gasteiger partial charge in [0.1, 0.15) is 5.82 Å². The molecule has 0 bridgehead atoms. The number of pyridine rings is 1. The molecule has 0 aliphatic rings. The number of aromatic nitrogens is 1. The van der Waals surface area contributed by atoms with Crippen LogP contribution in [-0.2, 0) is 0 Å². The first-order valence-corrected chi connectivity index (χ1v) is 8.24. The molecule has 4 nitrogen and oxygen atoms in total. The van der Waals surface area contributed by atoms with Crippen LogP contribution in [0.1, 0.15) is 19.8 Å². The van der Waals surface area contributed by atoms with E-state index >= 15 is 0 Å². The molecule has 0 spiro atoms. The van der Waals surface area contributed by atoms with E-state index in [1.807, 2.05) is 6.07 Å². The number of nitrogens with zero attached hydrogens (tertiary/aromatic N) is 3. The molecule has 0 radical (unpaired) electrons. The summed E-state index contributed by atoms with van der Waals surface area (Å²) in [6.07, 6.45) is 3.90. The number of halogens is 1. The van der Waals surface area contributed by atoms with Crippen LogP contribution in [0.3, 0.4) is 0 Å². The smallest absolute Gasteiger partial charge is 0.125 e. The highest BCUT2D eigenvalue weighted by atomic mass is 19.1. The quantitative estimate of drug-likeness (QED) is 0.722. The molecule has 0 unspecified atom stereocenters. The maximum atomic E-state index is 13.3. The zero-order valence-corrected chi connectivity index (χ0v) is 14.0. The predicted octanol–water partition coefficient (Wildman–Crippen LogP) is 2.90. The van der Waals surface area contributed by atoms with Crippen molar-refractivity contribution in [3.63, 3.8) is 0 Å². The van der Waals surface area contributed by atoms with E-state index in [-0.39, 0.29) is 12.4 Å². The van der Waals surface area contributed by atoms with Crippen molar-refractivity contribution >= 4 is 16.6 Å². The van der Waals surface area contributed by atoms with E-state index in [9.17, 15) is 4.39 Å². The molecule has 23 heavy (non-hydrogen) atoms. The number of benzene rings is 1. The second kappa shape index (κ2) is 8.79. The second-order valence-corrected chi connectivity index (χ2v) is 5.78. The van der Waals surface area contributed by atoms with Gasteiger partial charge >= 0.3 is 0 Å². The fourth-order valence-electron chi connectivity index (χ4n) is 2.81. The standard InChI is InChI=1S/C18H26FN3O/c1-3-22(12-13-23)11-5-4-10-21(2)18-8-9-20-17-14-15(19)6-7-16(17)18/h6-9,14,23H,3-5,10-13H2,1-2H3. The monoisotopic (exact) mass is 319 g/mol. The van der Waals surface area contributed by atoms with Gasteiger partial charge in [0, 0.05) is 43.5 Å². The van der Waals surface area contributed by atoms with Crippen LogP contribution in [0.25, 0.3) is 10.9 Å². The van der Waals surface area contributed by atoms with Gasteiger partial charge in [-0.15, -0.1) is 0 Å². The molecule has 0 aliphatic heterocycles. The molecule has 1 aromatic heterocycles. The first-order valence-electron chi connectivity index (χ1n) is 8.24. The molecule has 0 amide bonds. The Morgan fingerprint density at radius 2 is 1.91 bits per heavy atom. The molecule has 2 aromatic rings. The Morgan fingerprint density at radius 1 is 1.13 bits per heavy atom. The van der Waals surface area contributed by atoms with Gasteiger partial charge < -0.3 is 14.9 Å². The Labute approximate surface area is 137 Å². The molecular formula is C18H26FN3O. The summed E-state index contributed by atoms with van der Waals surface area (Å²) in [6, 6.07) is 6.73. The van der Waals surface area contributed by atoms with Crippen LogP contribution >= 0.6 is 0 Å². The molecule has 1 aromatic carbocycles. The van der Waals surface area contributed by atoms with Crippen LogP contribution in [0.4, 0.5) is 10.1 Å². The Kier molecular flexibility index (Phi) is 6.74. The van der Waals surface area contributed by atoms with Crippen molar-refractivity contribution in [1.82, 2.24) is 9.88 Å². The van der Waals surface area contributed by atoms with Gasteiger partial charge in [-0.3, -0.25) is 4.98 Å². The average molecular weight is 319 g/mol. The fourth-order valence-corrected chi connectivity index (χ4v) is 2.81. The predicted molar refractivity (Wildman–Crippen MR) is 93.4 cm³/mol. The molecule has 0 saturated heterocycles. The van der Waals surface area contributed by atoms with Gasteiger partial charge in [-0.2, -0.15) is 0 Å². The zero-order chi connectivity index (χ0) is 16.7. The minimum absolute atomic E-state index is 0.216. The third-order valence-electron chi connectivity index (χ3n) is 4.17. The molecule has 0 saturated carbocycles. The second-order valence-electron chi connectivity index (χ2n) is 5.78. The summed E-state index contributed by atoms with van der Waals surface area (Å²) < 4.78 is 13.3. The zero-order valence-electron chi connectivity index (χ0n) is 14.0. The van der Waals surface area contributed by atoms with Crippen molar-refractivity contribution in [2.75, 3.05) is 44.7 Å². The van der Waals surface area contributed by atoms with Crippen LogP contribution in [-0.4, -0.2) is 54.8 Å². The lowest BCUT2D eigenvalue weighted by molar-refractivity contribution is 0.200. The van der Waals surface area contributed by atoms with Crippen molar-refractivity contribution in [3.8, 4) is 0 Å². The van der Waals surface area contributed by atoms with Crippen molar-refractivity contribution < 1.29 is 9.50 Å². The molecule has 2 rings (SSSR count). The van der Waals surface area contributed by atoms with E-state index < -0.39 is 0 Å². The maximum Gasteiger partial charge on any atom is 0.125 e. The highest BCUT2D eigenvalue weighted by Crippen LogP contribution is 2.25. The summed E-state index contributed by atoms with van der Waals surface area (Å²) in [5.74, 6) is -0.256. The normalized spacial score (nSPS) is 11.3. The SMILES string of the molecule is CCN(CCO)CCCCN(C)c1ccnc2cc(F)ccc12. The lowest BCUT2D eigenvalue weighted by Crippen LogP contribution is -2.28. The van der Waals surface area contributed by atoms with E-state index in [1.54, 1.807) is 12.3 Å². The Morgan fingerprint density at radius 3 is 2.65 bits per heavy atom. The number of unbranched alkanes of at least 4 members (excludes halogenated alkanes) is 1. The van der Waals surface area contributed by atoms with Crippen molar-refractivity contribution in [3.05, 3.63) is 36.3 Å². The molecular weight excluding hydrogens is 293 g/mol. The number of anilines is 1. The highest BCUT2D eigenvalue weighted by molar-refractivity contribution is 5.91. The first-order chi connectivity index (χ1) is 11.2. The van der Waals surface area contributed by atoms with E-state index in [0.29, 0.717) is 5.52 Å². The van der Waals surface area contributed by atoms with E-state index in [1.165, 1.54) is 12.1 Å². The molecule has 0 aliphatic carbocycles. The van der Waals surface area contributed by atoms with Gasteiger partial charge in [-0.05, 0) is 44.1 Å². The number of aliphatic hydroxyl groups is 1. The third-order valence-corrected chi connectivity index (χ3v) is 4.17. The number of likely N-dealkylation sites (N-methyl/N-ethyl adjacent to an activating group) is 1. The summed E-state index contributed by atoms with van der Waals surface area (Å²) in [5.41, 5.74) is 1.77. The summed E-state index contributed by atoms with van der Waals surface area (Å²) in [4.78, 5) is 8.69. The summed E-state index contributed by atoms with van der Waals surface area (Å²) in [6.45, 7) is 5.99. The maximum absolute atomic E-state index is 13.3. The number of rotatable bonds is 9. The largest absolute Gasteiger partial charge is 0.395 e. The van der Waals surface area contributed by atoms with Gasteiger partial charge in [0.05, 0.1) is 12.1 Å². The minimum atomic E-state index is -0.256. The van der Waals surface area contributed by atoms with E-state index in [4.69, 9.17) is 5.11 Å². The molecule has 1 N–H and O–H groups in total. The number of hydrogen-bond acceptors (Lipinski definition) is 4. The van der Waals surface area contributed by atoms with Gasteiger partial charge in [0.25, 0.3) is 0 Å². The highest BCUT2D eigenvalue weighted by Gasteiger charge is 2.08. The molecule has 126 valence electrons. The van der Waals surface area contributed by atoms with E-state index in [0.717, 1.165) is 50.1 Å². The van der Waals surface area contributed by atoms with Gasteiger partial charge in [-0.25, -0.2) is 4.39 Å². The van der Waals surface area contributed by atoms with Crippen LogP contribution in [0, 0.1) is 5.82 Å². The summed E-state index contributed by atoms with van der Waals surface area (Å²) in [7, 11) is 2.06. The number of fused-ring (bicyclic) bond motifs is 1. The van der Waals surface area contributed by atoms with Gasteiger partial charge in [0.15, 0.2) is 0 Å². The van der Waals surface area contributed by atoms with Crippen LogP contribution in [0.5, 0.6) is 0 Å². The lowest BCUT2D eigenvalue weighted by atomic mass is 10.1. The van der Waals surface area contributed by atoms with Crippen LogP contribution in [0.15, 0.2) is 30.5 Å². The third kappa shape index (κ3) is 4.88. The summed E-state index contributed by atoms with van der Waals surface area (Å²) in [5, 5.41) is 9.98. The first kappa shape index (κ1) is 17.6. The molecule has 0 atom stereocenters. The van der Waals surface area contributed by atoms with Crippen molar-refractivity contribution in [2.24, 2.45) is 0 Å². The van der Waals surface area contributed by atoms with Crippen molar-refractivity contribution in [1.29, 1.82) is 0 Å². The van der Waals surface area contributed by atoms with Gasteiger partial charge in [0.2, 0.25) is 0 Å². The molecule has 5 heteroatoms. The summed E-state index contributed by atoms with van der Waals surface area (Å²) >= 11 is 0. The lowest BCUT2D eigenvalue weighted by Gasteiger charge is -2.22. The Bertz CT molecular complexity index is 620. The van der Waals surface area contributed by atoms with E-state index in [2.05, 4.69) is 28.8 Å². The molecule has 0 fully saturated rings. The fraction of sp³-hybridized carbons (Fsp3) is 0.500. The Hall–Kier alpha value is -1.72. The van der Waals surface area contributed by atoms with Gasteiger partial charge in [-0.1, -0.05) is 6.92 Å².